The highest BCUT2D eigenvalue weighted by molar-refractivity contribution is 5.82. The number of rotatable bonds is 6. The van der Waals surface area contributed by atoms with E-state index in [-0.39, 0.29) is 0 Å². The van der Waals surface area contributed by atoms with Crippen LogP contribution in [0.1, 0.15) is 12.5 Å². The number of aliphatic carboxylic acids is 1. The molecular formula is C12H17N3O4. The standard InChI is InChI=1S/C12H17N3O4/c1-2-15(7-9-3-5-13-6-4-9)12(19)14-10(8-16)11(17)18/h3-6,10,16H,2,7-8H2,1H3,(H,14,19)(H,17,18)/t10-/m0/s1. The van der Waals surface area contributed by atoms with E-state index in [1.165, 1.54) is 4.90 Å². The Morgan fingerprint density at radius 2 is 2.05 bits per heavy atom. The van der Waals surface area contributed by atoms with E-state index in [2.05, 4.69) is 10.3 Å². The Morgan fingerprint density at radius 1 is 1.42 bits per heavy atom. The van der Waals surface area contributed by atoms with E-state index in [1.54, 1.807) is 31.5 Å². The predicted molar refractivity (Wildman–Crippen MR) is 67.4 cm³/mol. The highest BCUT2D eigenvalue weighted by Gasteiger charge is 2.21. The topological polar surface area (TPSA) is 103 Å². The summed E-state index contributed by atoms with van der Waals surface area (Å²) in [6.07, 6.45) is 3.24. The highest BCUT2D eigenvalue weighted by atomic mass is 16.4. The Hall–Kier alpha value is -2.15. The molecule has 1 rings (SSSR count). The van der Waals surface area contributed by atoms with Crippen molar-refractivity contribution in [2.75, 3.05) is 13.2 Å². The predicted octanol–water partition coefficient (Wildman–Crippen LogP) is 0.0586. The van der Waals surface area contributed by atoms with Crippen molar-refractivity contribution in [2.45, 2.75) is 19.5 Å². The lowest BCUT2D eigenvalue weighted by Gasteiger charge is -2.23. The Morgan fingerprint density at radius 3 is 2.53 bits per heavy atom. The van der Waals surface area contributed by atoms with Gasteiger partial charge in [-0.3, -0.25) is 4.98 Å². The molecular weight excluding hydrogens is 250 g/mol. The van der Waals surface area contributed by atoms with E-state index in [0.717, 1.165) is 5.56 Å². The second-order valence-corrected chi connectivity index (χ2v) is 3.89. The fourth-order valence-corrected chi connectivity index (χ4v) is 1.46. The molecule has 0 aliphatic rings. The summed E-state index contributed by atoms with van der Waals surface area (Å²) in [5.74, 6) is -1.27. The molecule has 7 nitrogen and oxygen atoms in total. The van der Waals surface area contributed by atoms with Crippen molar-refractivity contribution in [1.29, 1.82) is 0 Å². The molecule has 1 atom stereocenters. The third-order valence-corrected chi connectivity index (χ3v) is 2.57. The summed E-state index contributed by atoms with van der Waals surface area (Å²) < 4.78 is 0. The quantitative estimate of drug-likeness (QED) is 0.676. The molecule has 0 radical (unpaired) electrons. The van der Waals surface area contributed by atoms with Gasteiger partial charge in [-0.2, -0.15) is 0 Å². The lowest BCUT2D eigenvalue weighted by atomic mass is 10.2. The van der Waals surface area contributed by atoms with Gasteiger partial charge >= 0.3 is 12.0 Å². The van der Waals surface area contributed by atoms with Gasteiger partial charge < -0.3 is 20.4 Å². The van der Waals surface area contributed by atoms with E-state index >= 15 is 0 Å². The minimum absolute atomic E-state index is 0.350. The first kappa shape index (κ1) is 14.9. The van der Waals surface area contributed by atoms with Crippen LogP contribution >= 0.6 is 0 Å². The number of carboxylic acids is 1. The molecule has 7 heteroatoms. The number of amides is 2. The van der Waals surface area contributed by atoms with Gasteiger partial charge in [0.1, 0.15) is 0 Å². The second-order valence-electron chi connectivity index (χ2n) is 3.89. The van der Waals surface area contributed by atoms with Gasteiger partial charge in [0.2, 0.25) is 0 Å². The average molecular weight is 267 g/mol. The molecule has 0 unspecified atom stereocenters. The van der Waals surface area contributed by atoms with Crippen LogP contribution in [0, 0.1) is 0 Å². The number of carbonyl (C=O) groups is 2. The number of urea groups is 1. The number of aromatic nitrogens is 1. The van der Waals surface area contributed by atoms with Crippen molar-refractivity contribution in [3.05, 3.63) is 30.1 Å². The third-order valence-electron chi connectivity index (χ3n) is 2.57. The lowest BCUT2D eigenvalue weighted by molar-refractivity contribution is -0.140. The largest absolute Gasteiger partial charge is 0.480 e. The molecule has 0 saturated carbocycles. The Kier molecular flexibility index (Phi) is 5.74. The van der Waals surface area contributed by atoms with Crippen LogP contribution in [-0.4, -0.2) is 51.3 Å². The Bertz CT molecular complexity index is 424. The highest BCUT2D eigenvalue weighted by Crippen LogP contribution is 2.03. The number of carbonyl (C=O) groups excluding carboxylic acids is 1. The number of pyridine rings is 1. The van der Waals surface area contributed by atoms with Crippen LogP contribution < -0.4 is 5.32 Å². The Labute approximate surface area is 110 Å². The summed E-state index contributed by atoms with van der Waals surface area (Å²) in [5.41, 5.74) is 0.892. The minimum atomic E-state index is -1.29. The van der Waals surface area contributed by atoms with Gasteiger partial charge in [0.15, 0.2) is 6.04 Å². The molecule has 1 heterocycles. The fourth-order valence-electron chi connectivity index (χ4n) is 1.46. The average Bonchev–Trinajstić information content (AvgIpc) is 2.42. The smallest absolute Gasteiger partial charge is 0.328 e. The van der Waals surface area contributed by atoms with Crippen LogP contribution in [-0.2, 0) is 11.3 Å². The van der Waals surface area contributed by atoms with Gasteiger partial charge in [-0.25, -0.2) is 9.59 Å². The van der Waals surface area contributed by atoms with Crippen LogP contribution in [0.25, 0.3) is 0 Å². The molecule has 3 N–H and O–H groups in total. The number of nitrogens with zero attached hydrogens (tertiary/aromatic N) is 2. The van der Waals surface area contributed by atoms with Crippen LogP contribution in [0.4, 0.5) is 4.79 Å². The summed E-state index contributed by atoms with van der Waals surface area (Å²) in [4.78, 5) is 27.9. The Balaban J connectivity index is 2.64. The van der Waals surface area contributed by atoms with Crippen LogP contribution in [0.5, 0.6) is 0 Å². The van der Waals surface area contributed by atoms with Gasteiger partial charge in [-0.15, -0.1) is 0 Å². The summed E-state index contributed by atoms with van der Waals surface area (Å²) in [6.45, 7) is 1.91. The zero-order valence-corrected chi connectivity index (χ0v) is 10.6. The molecule has 0 fully saturated rings. The van der Waals surface area contributed by atoms with E-state index < -0.39 is 24.6 Å². The molecule has 1 aromatic rings. The second kappa shape index (κ2) is 7.32. The minimum Gasteiger partial charge on any atom is -0.480 e. The molecule has 0 bridgehead atoms. The van der Waals surface area contributed by atoms with Gasteiger partial charge in [-0.05, 0) is 24.6 Å². The number of hydrogen-bond donors (Lipinski definition) is 3. The van der Waals surface area contributed by atoms with Crippen LogP contribution in [0.2, 0.25) is 0 Å². The number of nitrogens with one attached hydrogen (secondary N) is 1. The van der Waals surface area contributed by atoms with E-state index in [0.29, 0.717) is 13.1 Å². The van der Waals surface area contributed by atoms with Crippen molar-refractivity contribution < 1.29 is 19.8 Å². The maximum atomic E-state index is 11.9. The van der Waals surface area contributed by atoms with E-state index in [1.807, 2.05) is 0 Å². The molecule has 2 amide bonds. The number of aliphatic hydroxyl groups is 1. The molecule has 104 valence electrons. The molecule has 19 heavy (non-hydrogen) atoms. The lowest BCUT2D eigenvalue weighted by Crippen LogP contribution is -2.49. The zero-order chi connectivity index (χ0) is 14.3. The van der Waals surface area contributed by atoms with Crippen LogP contribution in [0.15, 0.2) is 24.5 Å². The zero-order valence-electron chi connectivity index (χ0n) is 10.6. The molecule has 0 aromatic carbocycles. The summed E-state index contributed by atoms with van der Waals surface area (Å²) >= 11 is 0. The van der Waals surface area contributed by atoms with Crippen molar-refractivity contribution in [1.82, 2.24) is 15.2 Å². The summed E-state index contributed by atoms with van der Waals surface area (Å²) in [5, 5.41) is 19.9. The normalized spacial score (nSPS) is 11.7. The summed E-state index contributed by atoms with van der Waals surface area (Å²) in [6, 6.07) is 1.73. The van der Waals surface area contributed by atoms with Gasteiger partial charge in [0.05, 0.1) is 6.61 Å². The van der Waals surface area contributed by atoms with Gasteiger partial charge in [-0.1, -0.05) is 0 Å². The van der Waals surface area contributed by atoms with Crippen molar-refractivity contribution in [3.8, 4) is 0 Å². The third kappa shape index (κ3) is 4.55. The summed E-state index contributed by atoms with van der Waals surface area (Å²) in [7, 11) is 0. The van der Waals surface area contributed by atoms with Crippen molar-refractivity contribution in [2.24, 2.45) is 0 Å². The van der Waals surface area contributed by atoms with E-state index in [4.69, 9.17) is 10.2 Å². The van der Waals surface area contributed by atoms with E-state index in [9.17, 15) is 9.59 Å². The number of carboxylic acid groups (broad SMARTS) is 1. The molecule has 1 aromatic heterocycles. The molecule has 0 aliphatic heterocycles. The first-order valence-electron chi connectivity index (χ1n) is 5.86. The first-order valence-corrected chi connectivity index (χ1v) is 5.86. The molecule has 0 spiro atoms. The maximum Gasteiger partial charge on any atom is 0.328 e. The first-order chi connectivity index (χ1) is 9.08. The van der Waals surface area contributed by atoms with Gasteiger partial charge in [0.25, 0.3) is 0 Å². The number of aliphatic hydroxyl groups excluding tert-OH is 1. The molecule has 0 aliphatic carbocycles. The van der Waals surface area contributed by atoms with Crippen molar-refractivity contribution >= 4 is 12.0 Å². The molecule has 0 saturated heterocycles. The fraction of sp³-hybridized carbons (Fsp3) is 0.417. The van der Waals surface area contributed by atoms with Crippen molar-refractivity contribution in [3.63, 3.8) is 0 Å². The van der Waals surface area contributed by atoms with Gasteiger partial charge in [0, 0.05) is 25.5 Å². The number of hydrogen-bond acceptors (Lipinski definition) is 4. The monoisotopic (exact) mass is 267 g/mol. The SMILES string of the molecule is CCN(Cc1ccncc1)C(=O)N[C@@H](CO)C(=O)O. The van der Waals surface area contributed by atoms with Crippen LogP contribution in [0.3, 0.4) is 0 Å². The maximum absolute atomic E-state index is 11.9.